The maximum absolute atomic E-state index is 7.87. The minimum atomic E-state index is 0.347. The summed E-state index contributed by atoms with van der Waals surface area (Å²) in [5, 5.41) is 6.31. The topological polar surface area (TPSA) is 107 Å². The number of ether oxygens (including phenoxy) is 1. The molecule has 0 atom stereocenters. The first-order valence-corrected chi connectivity index (χ1v) is 3.38. The second-order valence-corrected chi connectivity index (χ2v) is 1.72. The first-order chi connectivity index (χ1) is 6.41. The Bertz CT molecular complexity index is 243. The van der Waals surface area contributed by atoms with Gasteiger partial charge in [-0.05, 0) is 23.5 Å². The van der Waals surface area contributed by atoms with Crippen molar-refractivity contribution >= 4 is 0 Å². The van der Waals surface area contributed by atoms with Crippen LogP contribution in [0.5, 0.6) is 0 Å². The van der Waals surface area contributed by atoms with Crippen molar-refractivity contribution in [2.24, 2.45) is 10.2 Å². The molecular weight excluding hydrogens is 172 g/mol. The van der Waals surface area contributed by atoms with Crippen molar-refractivity contribution in [1.82, 2.24) is 0 Å². The molecule has 7 heteroatoms. The molecule has 0 bridgehead atoms. The SMILES string of the molecule is [N-]=[N+]=NC=CCOCC=CN=[N+]=[N-]. The van der Waals surface area contributed by atoms with Crippen LogP contribution in [0, 0.1) is 0 Å². The summed E-state index contributed by atoms with van der Waals surface area (Å²) in [4.78, 5) is 5.01. The highest BCUT2D eigenvalue weighted by Crippen LogP contribution is 1.82. The Morgan fingerprint density at radius 3 is 1.85 bits per heavy atom. The van der Waals surface area contributed by atoms with Gasteiger partial charge < -0.3 is 4.74 Å². The number of nitrogens with zero attached hydrogens (tertiary/aromatic N) is 6. The molecule has 0 N–H and O–H groups in total. The zero-order chi connectivity index (χ0) is 9.78. The largest absolute Gasteiger partial charge is 0.373 e. The van der Waals surface area contributed by atoms with Gasteiger partial charge in [-0.15, -0.1) is 0 Å². The van der Waals surface area contributed by atoms with Crippen LogP contribution >= 0.6 is 0 Å². The summed E-state index contributed by atoms with van der Waals surface area (Å²) in [5.74, 6) is 0. The predicted molar refractivity (Wildman–Crippen MR) is 47.4 cm³/mol. The molecule has 0 saturated heterocycles. The molecule has 0 radical (unpaired) electrons. The lowest BCUT2D eigenvalue weighted by atomic mass is 10.6. The average molecular weight is 180 g/mol. The van der Waals surface area contributed by atoms with E-state index in [2.05, 4.69) is 20.1 Å². The minimum Gasteiger partial charge on any atom is -0.373 e. The lowest BCUT2D eigenvalue weighted by molar-refractivity contribution is 0.193. The van der Waals surface area contributed by atoms with Gasteiger partial charge in [-0.1, -0.05) is 22.4 Å². The molecule has 7 nitrogen and oxygen atoms in total. The molecule has 0 aromatic rings. The van der Waals surface area contributed by atoms with Gasteiger partial charge in [0, 0.05) is 9.82 Å². The number of rotatable bonds is 6. The van der Waals surface area contributed by atoms with Gasteiger partial charge in [0.25, 0.3) is 0 Å². The van der Waals surface area contributed by atoms with Crippen molar-refractivity contribution in [3.8, 4) is 0 Å². The van der Waals surface area contributed by atoms with E-state index in [1.54, 1.807) is 12.2 Å². The Morgan fingerprint density at radius 2 is 1.46 bits per heavy atom. The average Bonchev–Trinajstić information content (AvgIpc) is 2.16. The Morgan fingerprint density at radius 1 is 1.00 bits per heavy atom. The number of hydrogen-bond donors (Lipinski definition) is 0. The smallest absolute Gasteiger partial charge is 0.0653 e. The van der Waals surface area contributed by atoms with Gasteiger partial charge in [0.2, 0.25) is 0 Å². The van der Waals surface area contributed by atoms with Gasteiger partial charge in [-0.2, -0.15) is 0 Å². The van der Waals surface area contributed by atoms with Crippen molar-refractivity contribution in [2.45, 2.75) is 0 Å². The fourth-order valence-electron chi connectivity index (χ4n) is 0.444. The van der Waals surface area contributed by atoms with E-state index in [9.17, 15) is 0 Å². The minimum absolute atomic E-state index is 0.347. The van der Waals surface area contributed by atoms with E-state index in [1.807, 2.05) is 0 Å². The Kier molecular flexibility index (Phi) is 8.56. The fourth-order valence-corrected chi connectivity index (χ4v) is 0.444. The van der Waals surface area contributed by atoms with Crippen molar-refractivity contribution in [3.05, 3.63) is 45.4 Å². The zero-order valence-electron chi connectivity index (χ0n) is 6.82. The van der Waals surface area contributed by atoms with Gasteiger partial charge in [0.05, 0.1) is 13.2 Å². The van der Waals surface area contributed by atoms with E-state index in [0.29, 0.717) is 13.2 Å². The number of azide groups is 2. The molecule has 0 rings (SSSR count). The van der Waals surface area contributed by atoms with Gasteiger partial charge >= 0.3 is 0 Å². The highest BCUT2D eigenvalue weighted by atomic mass is 16.5. The molecule has 0 spiro atoms. The van der Waals surface area contributed by atoms with Crippen LogP contribution in [-0.2, 0) is 4.74 Å². The molecule has 0 unspecified atom stereocenters. The molecule has 0 aromatic heterocycles. The summed E-state index contributed by atoms with van der Waals surface area (Å²) < 4.78 is 4.99. The van der Waals surface area contributed by atoms with Crippen LogP contribution in [0.1, 0.15) is 0 Å². The monoisotopic (exact) mass is 180 g/mol. The molecule has 13 heavy (non-hydrogen) atoms. The third kappa shape index (κ3) is 10.1. The van der Waals surface area contributed by atoms with E-state index in [4.69, 9.17) is 15.8 Å². The third-order valence-electron chi connectivity index (χ3n) is 0.876. The van der Waals surface area contributed by atoms with Crippen LogP contribution in [0.3, 0.4) is 0 Å². The summed E-state index contributed by atoms with van der Waals surface area (Å²) in [7, 11) is 0. The van der Waals surface area contributed by atoms with E-state index >= 15 is 0 Å². The normalized spacial score (nSPS) is 9.85. The van der Waals surface area contributed by atoms with Crippen LogP contribution in [0.4, 0.5) is 0 Å². The van der Waals surface area contributed by atoms with Crippen molar-refractivity contribution in [1.29, 1.82) is 0 Å². The molecule has 0 heterocycles. The molecule has 0 aliphatic heterocycles. The summed E-state index contributed by atoms with van der Waals surface area (Å²) in [6.45, 7) is 0.694. The van der Waals surface area contributed by atoms with Crippen LogP contribution in [0.2, 0.25) is 0 Å². The van der Waals surface area contributed by atoms with Gasteiger partial charge in [-0.3, -0.25) is 0 Å². The fraction of sp³-hybridized carbons (Fsp3) is 0.333. The second-order valence-electron chi connectivity index (χ2n) is 1.72. The van der Waals surface area contributed by atoms with Gasteiger partial charge in [0.15, 0.2) is 0 Å². The van der Waals surface area contributed by atoms with Gasteiger partial charge in [-0.25, -0.2) is 0 Å². The molecule has 0 aromatic carbocycles. The van der Waals surface area contributed by atoms with Crippen molar-refractivity contribution in [2.75, 3.05) is 13.2 Å². The van der Waals surface area contributed by atoms with E-state index in [0.717, 1.165) is 0 Å². The molecule has 68 valence electrons. The Balaban J connectivity index is 3.35. The Hall–Kier alpha value is -1.94. The quantitative estimate of drug-likeness (QED) is 0.266. The summed E-state index contributed by atoms with van der Waals surface area (Å²) in [6.07, 6.45) is 5.75. The molecule has 0 amide bonds. The van der Waals surface area contributed by atoms with Crippen molar-refractivity contribution in [3.63, 3.8) is 0 Å². The summed E-state index contributed by atoms with van der Waals surface area (Å²) in [6, 6.07) is 0. The molecule has 0 aliphatic rings. The number of hydrogen-bond acceptors (Lipinski definition) is 3. The Labute approximate surface area is 74.6 Å². The second kappa shape index (κ2) is 10.1. The van der Waals surface area contributed by atoms with Crippen LogP contribution in [0.15, 0.2) is 34.8 Å². The third-order valence-corrected chi connectivity index (χ3v) is 0.876. The van der Waals surface area contributed by atoms with Crippen LogP contribution in [0.25, 0.3) is 20.9 Å². The maximum Gasteiger partial charge on any atom is 0.0653 e. The van der Waals surface area contributed by atoms with Crippen LogP contribution < -0.4 is 0 Å². The maximum atomic E-state index is 7.87. The molecular formula is C6H8N6O. The van der Waals surface area contributed by atoms with Crippen LogP contribution in [-0.4, -0.2) is 13.2 Å². The lowest BCUT2D eigenvalue weighted by Gasteiger charge is -1.91. The summed E-state index contributed by atoms with van der Waals surface area (Å²) in [5.41, 5.74) is 15.7. The highest BCUT2D eigenvalue weighted by Gasteiger charge is 1.76. The molecule has 0 aliphatic carbocycles. The first kappa shape index (κ1) is 11.1. The first-order valence-electron chi connectivity index (χ1n) is 3.38. The van der Waals surface area contributed by atoms with Crippen molar-refractivity contribution < 1.29 is 4.74 Å². The molecule has 0 fully saturated rings. The summed E-state index contributed by atoms with van der Waals surface area (Å²) >= 11 is 0. The van der Waals surface area contributed by atoms with E-state index in [-0.39, 0.29) is 0 Å². The standard InChI is InChI=1S/C6H8N6O/c7-11-9-3-1-5-13-6-2-4-10-12-8/h1-4H,5-6H2. The predicted octanol–water partition coefficient (Wildman–Crippen LogP) is 2.65. The van der Waals surface area contributed by atoms with Gasteiger partial charge in [0.1, 0.15) is 0 Å². The lowest BCUT2D eigenvalue weighted by Crippen LogP contribution is -1.89. The molecule has 0 saturated carbocycles. The highest BCUT2D eigenvalue weighted by molar-refractivity contribution is 4.82. The zero-order valence-corrected chi connectivity index (χ0v) is 6.82. The van der Waals surface area contributed by atoms with E-state index < -0.39 is 0 Å². The van der Waals surface area contributed by atoms with E-state index in [1.165, 1.54) is 12.4 Å².